The van der Waals surface area contributed by atoms with Crippen LogP contribution in [0.25, 0.3) is 0 Å². The Hall–Kier alpha value is -0.470. The number of nitrogens with one attached hydrogen (secondary N) is 1. The Morgan fingerprint density at radius 1 is 1.43 bits per heavy atom. The molecule has 0 unspecified atom stereocenters. The first-order chi connectivity index (χ1) is 6.74. The molecule has 5 heteroatoms. The summed E-state index contributed by atoms with van der Waals surface area (Å²) in [7, 11) is -0.229. The third-order valence-corrected chi connectivity index (χ3v) is 2.93. The van der Waals surface area contributed by atoms with E-state index in [2.05, 4.69) is 5.09 Å². The average Bonchev–Trinajstić information content (AvgIpc) is 2.19. The molecule has 0 bridgehead atoms. The highest BCUT2D eigenvalue weighted by Crippen LogP contribution is 2.20. The number of hydrogen-bond acceptors (Lipinski definition) is 3. The maximum Gasteiger partial charge on any atom is 0.323 e. The van der Waals surface area contributed by atoms with E-state index in [9.17, 15) is 9.36 Å². The molecule has 0 aromatic carbocycles. The van der Waals surface area contributed by atoms with E-state index >= 15 is 0 Å². The van der Waals surface area contributed by atoms with Crippen LogP contribution in [0.3, 0.4) is 0 Å². The van der Waals surface area contributed by atoms with Gasteiger partial charge in [0.05, 0.1) is 0 Å². The van der Waals surface area contributed by atoms with Gasteiger partial charge in [-0.1, -0.05) is 6.42 Å². The van der Waals surface area contributed by atoms with E-state index in [1.54, 1.807) is 6.92 Å². The van der Waals surface area contributed by atoms with Crippen LogP contribution in [-0.4, -0.2) is 18.1 Å². The average molecular weight is 217 g/mol. The second-order valence-electron chi connectivity index (χ2n) is 3.64. The van der Waals surface area contributed by atoms with Crippen molar-refractivity contribution in [3.63, 3.8) is 0 Å². The standard InChI is InChI=1S/C9H16NO3P/c1-7(10-14-12)9(11)13-8-5-3-2-4-6-8/h7-8H,2-6H2,1H3,(H,10,12)/t7-/m0/s1. The molecule has 1 atom stereocenters. The van der Waals surface area contributed by atoms with E-state index < -0.39 is 6.04 Å². The van der Waals surface area contributed by atoms with E-state index in [0.717, 1.165) is 25.7 Å². The molecule has 1 saturated carbocycles. The molecule has 0 heterocycles. The second kappa shape index (κ2) is 6.10. The van der Waals surface area contributed by atoms with E-state index in [0.29, 0.717) is 0 Å². The topological polar surface area (TPSA) is 55.4 Å². The number of rotatable bonds is 4. The fourth-order valence-corrected chi connectivity index (χ4v) is 1.84. The fourth-order valence-electron chi connectivity index (χ4n) is 1.58. The zero-order valence-corrected chi connectivity index (χ0v) is 9.26. The highest BCUT2D eigenvalue weighted by molar-refractivity contribution is 7.21. The van der Waals surface area contributed by atoms with Crippen LogP contribution in [-0.2, 0) is 14.1 Å². The third kappa shape index (κ3) is 3.72. The van der Waals surface area contributed by atoms with Gasteiger partial charge in [-0.15, -0.1) is 0 Å². The van der Waals surface area contributed by atoms with Crippen molar-refractivity contribution in [2.45, 2.75) is 51.2 Å². The van der Waals surface area contributed by atoms with Crippen molar-refractivity contribution in [2.75, 3.05) is 0 Å². The summed E-state index contributed by atoms with van der Waals surface area (Å²) in [5, 5.41) is 2.48. The van der Waals surface area contributed by atoms with Gasteiger partial charge in [0.2, 0.25) is 8.61 Å². The number of ether oxygens (including phenoxy) is 1. The fraction of sp³-hybridized carbons (Fsp3) is 0.889. The normalized spacial score (nSPS) is 20.6. The molecular formula is C9H16NO3P. The van der Waals surface area contributed by atoms with Crippen molar-refractivity contribution in [3.8, 4) is 0 Å². The molecule has 0 spiro atoms. The molecule has 4 nitrogen and oxygen atoms in total. The smallest absolute Gasteiger partial charge is 0.323 e. The quantitative estimate of drug-likeness (QED) is 0.578. The monoisotopic (exact) mass is 217 g/mol. The Morgan fingerprint density at radius 3 is 2.64 bits per heavy atom. The Bertz CT molecular complexity index is 204. The summed E-state index contributed by atoms with van der Waals surface area (Å²) >= 11 is 0. The lowest BCUT2D eigenvalue weighted by Gasteiger charge is -2.23. The molecule has 1 fully saturated rings. The Balaban J connectivity index is 2.27. The molecule has 1 N–H and O–H groups in total. The Morgan fingerprint density at radius 2 is 2.07 bits per heavy atom. The Labute approximate surface area is 85.7 Å². The first-order valence-corrected chi connectivity index (χ1v) is 5.83. The second-order valence-corrected chi connectivity index (χ2v) is 4.08. The van der Waals surface area contributed by atoms with Crippen LogP contribution in [0, 0.1) is 0 Å². The summed E-state index contributed by atoms with van der Waals surface area (Å²) in [6.45, 7) is 1.65. The van der Waals surface area contributed by atoms with Gasteiger partial charge in [-0.25, -0.2) is 5.09 Å². The highest BCUT2D eigenvalue weighted by Gasteiger charge is 2.21. The van der Waals surface area contributed by atoms with Gasteiger partial charge >= 0.3 is 5.97 Å². The third-order valence-electron chi connectivity index (χ3n) is 2.43. The lowest BCUT2D eigenvalue weighted by atomic mass is 9.98. The summed E-state index contributed by atoms with van der Waals surface area (Å²) < 4.78 is 15.5. The predicted molar refractivity (Wildman–Crippen MR) is 53.2 cm³/mol. The van der Waals surface area contributed by atoms with Crippen molar-refractivity contribution in [2.24, 2.45) is 0 Å². The van der Waals surface area contributed by atoms with Crippen LogP contribution >= 0.6 is 8.61 Å². The number of esters is 1. The van der Waals surface area contributed by atoms with Crippen molar-refractivity contribution in [3.05, 3.63) is 0 Å². The largest absolute Gasteiger partial charge is 0.461 e. The first-order valence-electron chi connectivity index (χ1n) is 5.02. The number of hydrogen-bond donors (Lipinski definition) is 1. The van der Waals surface area contributed by atoms with Crippen molar-refractivity contribution in [1.29, 1.82) is 0 Å². The molecule has 0 aliphatic heterocycles. The molecule has 14 heavy (non-hydrogen) atoms. The molecule has 1 aliphatic rings. The highest BCUT2D eigenvalue weighted by atomic mass is 31.1. The van der Waals surface area contributed by atoms with Gasteiger partial charge in [0.15, 0.2) is 0 Å². The van der Waals surface area contributed by atoms with Crippen LogP contribution in [0.1, 0.15) is 39.0 Å². The van der Waals surface area contributed by atoms with E-state index in [1.165, 1.54) is 6.42 Å². The molecule has 0 saturated heterocycles. The number of carbonyl (C=O) groups is 1. The van der Waals surface area contributed by atoms with E-state index in [4.69, 9.17) is 4.74 Å². The molecule has 0 amide bonds. The molecule has 0 aromatic heterocycles. The summed E-state index contributed by atoms with van der Waals surface area (Å²) in [5.41, 5.74) is 0. The SMILES string of the molecule is C[C@H](NP=O)C(=O)OC1CCCCC1. The van der Waals surface area contributed by atoms with E-state index in [-0.39, 0.29) is 20.7 Å². The first kappa shape index (κ1) is 11.6. The Kier molecular flexibility index (Phi) is 5.05. The zero-order valence-electron chi connectivity index (χ0n) is 8.36. The van der Waals surface area contributed by atoms with Gasteiger partial charge in [-0.2, -0.15) is 0 Å². The maximum atomic E-state index is 11.4. The minimum atomic E-state index is -0.490. The summed E-state index contributed by atoms with van der Waals surface area (Å²) in [4.78, 5) is 11.4. The minimum absolute atomic E-state index is 0.0730. The minimum Gasteiger partial charge on any atom is -0.461 e. The molecule has 0 aromatic rings. The van der Waals surface area contributed by atoms with Crippen molar-refractivity contribution >= 4 is 14.6 Å². The van der Waals surface area contributed by atoms with E-state index in [1.807, 2.05) is 0 Å². The maximum absolute atomic E-state index is 11.4. The van der Waals surface area contributed by atoms with Crippen LogP contribution in [0.2, 0.25) is 0 Å². The van der Waals surface area contributed by atoms with Crippen molar-refractivity contribution in [1.82, 2.24) is 5.09 Å². The van der Waals surface area contributed by atoms with Gasteiger partial charge < -0.3 is 4.74 Å². The van der Waals surface area contributed by atoms with Crippen LogP contribution in [0.5, 0.6) is 0 Å². The lowest BCUT2D eigenvalue weighted by Crippen LogP contribution is -2.33. The van der Waals surface area contributed by atoms with Crippen molar-refractivity contribution < 1.29 is 14.1 Å². The van der Waals surface area contributed by atoms with Crippen LogP contribution < -0.4 is 5.09 Å². The van der Waals surface area contributed by atoms with Gasteiger partial charge in [0.1, 0.15) is 12.1 Å². The molecule has 1 aliphatic carbocycles. The van der Waals surface area contributed by atoms with Crippen LogP contribution in [0.15, 0.2) is 0 Å². The summed E-state index contributed by atoms with van der Waals surface area (Å²) in [6, 6.07) is -0.490. The van der Waals surface area contributed by atoms with Gasteiger partial charge in [0, 0.05) is 0 Å². The molecule has 0 radical (unpaired) electrons. The van der Waals surface area contributed by atoms with Gasteiger partial charge in [0.25, 0.3) is 0 Å². The molecule has 80 valence electrons. The summed E-state index contributed by atoms with van der Waals surface area (Å²) in [5.74, 6) is -0.305. The lowest BCUT2D eigenvalue weighted by molar-refractivity contribution is -0.152. The van der Waals surface area contributed by atoms with Crippen LogP contribution in [0.4, 0.5) is 0 Å². The zero-order chi connectivity index (χ0) is 10.4. The predicted octanol–water partition coefficient (Wildman–Crippen LogP) is 2.05. The van der Waals surface area contributed by atoms with Gasteiger partial charge in [-0.3, -0.25) is 9.36 Å². The summed E-state index contributed by atoms with van der Waals surface area (Å²) in [6.07, 6.45) is 5.52. The molecular weight excluding hydrogens is 201 g/mol. The number of carbonyl (C=O) groups excluding carboxylic acids is 1. The molecule has 1 rings (SSSR count). The van der Waals surface area contributed by atoms with Gasteiger partial charge in [-0.05, 0) is 32.6 Å².